The van der Waals surface area contributed by atoms with Gasteiger partial charge in [-0.3, -0.25) is 0 Å². The Morgan fingerprint density at radius 3 is 2.79 bits per heavy atom. The molecule has 1 saturated carbocycles. The van der Waals surface area contributed by atoms with Crippen molar-refractivity contribution in [1.82, 2.24) is 0 Å². The minimum atomic E-state index is -0.275. The molecule has 0 aromatic heterocycles. The lowest BCUT2D eigenvalue weighted by molar-refractivity contribution is 0.169. The summed E-state index contributed by atoms with van der Waals surface area (Å²) in [5.74, 6) is 0.556. The molecule has 2 heteroatoms. The fourth-order valence-electron chi connectivity index (χ4n) is 2.13. The van der Waals surface area contributed by atoms with Crippen LogP contribution in [0.1, 0.15) is 30.4 Å². The number of halogens is 1. The summed E-state index contributed by atoms with van der Waals surface area (Å²) in [6.07, 6.45) is 0.713. The maximum Gasteiger partial charge on any atom is 0.126 e. The Morgan fingerprint density at radius 1 is 1.50 bits per heavy atom. The van der Waals surface area contributed by atoms with Crippen LogP contribution in [0.5, 0.6) is 0 Å². The maximum atomic E-state index is 13.2. The van der Waals surface area contributed by atoms with Crippen LogP contribution in [0, 0.1) is 18.7 Å². The van der Waals surface area contributed by atoms with Crippen molar-refractivity contribution in [1.29, 1.82) is 0 Å². The summed E-state index contributed by atoms with van der Waals surface area (Å²) in [5.41, 5.74) is 1.80. The highest BCUT2D eigenvalue weighted by Crippen LogP contribution is 2.50. The number of aliphatic hydroxyl groups excluding tert-OH is 1. The van der Waals surface area contributed by atoms with Crippen LogP contribution in [0.25, 0.3) is 0 Å². The molecule has 1 N–H and O–H groups in total. The number of hydrogen-bond acceptors (Lipinski definition) is 1. The van der Waals surface area contributed by atoms with Gasteiger partial charge in [-0.05, 0) is 49.3 Å². The molecule has 1 fully saturated rings. The lowest BCUT2D eigenvalue weighted by Gasteiger charge is -2.07. The van der Waals surface area contributed by atoms with Gasteiger partial charge in [0.2, 0.25) is 0 Å². The minimum Gasteiger partial charge on any atom is -0.393 e. The number of rotatable bonds is 2. The van der Waals surface area contributed by atoms with Crippen LogP contribution in [-0.2, 0) is 0 Å². The number of aliphatic hydroxyl groups is 1. The third-order valence-corrected chi connectivity index (χ3v) is 3.17. The van der Waals surface area contributed by atoms with Gasteiger partial charge in [0.15, 0.2) is 0 Å². The molecule has 1 aromatic rings. The van der Waals surface area contributed by atoms with E-state index in [9.17, 15) is 9.50 Å². The van der Waals surface area contributed by atoms with E-state index in [0.717, 1.165) is 17.5 Å². The van der Waals surface area contributed by atoms with E-state index in [1.54, 1.807) is 13.0 Å². The average molecular weight is 194 g/mol. The summed E-state index contributed by atoms with van der Waals surface area (Å²) in [4.78, 5) is 0. The zero-order chi connectivity index (χ0) is 10.3. The monoisotopic (exact) mass is 194 g/mol. The summed E-state index contributed by atoms with van der Waals surface area (Å²) in [7, 11) is 0. The summed E-state index contributed by atoms with van der Waals surface area (Å²) < 4.78 is 13.2. The van der Waals surface area contributed by atoms with Crippen LogP contribution in [0.4, 0.5) is 4.39 Å². The molecule has 76 valence electrons. The van der Waals surface area contributed by atoms with E-state index in [2.05, 4.69) is 0 Å². The Kier molecular flexibility index (Phi) is 2.31. The summed E-state index contributed by atoms with van der Waals surface area (Å²) in [6.45, 7) is 3.61. The van der Waals surface area contributed by atoms with E-state index in [0.29, 0.717) is 11.8 Å². The normalized spacial score (nSPS) is 27.4. The van der Waals surface area contributed by atoms with Crippen LogP contribution in [0.3, 0.4) is 0 Å². The van der Waals surface area contributed by atoms with Gasteiger partial charge in [0.1, 0.15) is 5.82 Å². The van der Waals surface area contributed by atoms with Gasteiger partial charge in [-0.25, -0.2) is 4.39 Å². The topological polar surface area (TPSA) is 20.2 Å². The fraction of sp³-hybridized carbons (Fsp3) is 0.500. The smallest absolute Gasteiger partial charge is 0.126 e. The first-order chi connectivity index (χ1) is 6.61. The first-order valence-corrected chi connectivity index (χ1v) is 5.04. The van der Waals surface area contributed by atoms with Gasteiger partial charge in [0.25, 0.3) is 0 Å². The molecule has 3 atom stereocenters. The minimum absolute atomic E-state index is 0.140. The molecule has 0 spiro atoms. The summed E-state index contributed by atoms with van der Waals surface area (Å²) in [6, 6.07) is 5.19. The van der Waals surface area contributed by atoms with Crippen molar-refractivity contribution >= 4 is 0 Å². The van der Waals surface area contributed by atoms with Crippen molar-refractivity contribution in [3.8, 4) is 0 Å². The van der Waals surface area contributed by atoms with Crippen molar-refractivity contribution < 1.29 is 9.50 Å². The molecule has 14 heavy (non-hydrogen) atoms. The van der Waals surface area contributed by atoms with Gasteiger partial charge >= 0.3 is 0 Å². The van der Waals surface area contributed by atoms with Gasteiger partial charge in [-0.2, -0.15) is 0 Å². The van der Waals surface area contributed by atoms with Gasteiger partial charge in [0.05, 0.1) is 6.10 Å². The van der Waals surface area contributed by atoms with E-state index in [1.807, 2.05) is 13.0 Å². The van der Waals surface area contributed by atoms with Crippen molar-refractivity contribution in [3.63, 3.8) is 0 Å². The molecular formula is C12H15FO. The zero-order valence-electron chi connectivity index (χ0n) is 8.50. The van der Waals surface area contributed by atoms with E-state index in [-0.39, 0.29) is 11.9 Å². The van der Waals surface area contributed by atoms with E-state index < -0.39 is 0 Å². The van der Waals surface area contributed by atoms with Crippen LogP contribution in [0.15, 0.2) is 18.2 Å². The second kappa shape index (κ2) is 3.35. The Balaban J connectivity index is 2.23. The molecular weight excluding hydrogens is 179 g/mol. The Hall–Kier alpha value is -0.890. The highest BCUT2D eigenvalue weighted by atomic mass is 19.1. The zero-order valence-corrected chi connectivity index (χ0v) is 8.50. The molecule has 1 aromatic carbocycles. The van der Waals surface area contributed by atoms with E-state index in [4.69, 9.17) is 0 Å². The lowest BCUT2D eigenvalue weighted by Crippen LogP contribution is -2.04. The number of hydrogen-bond donors (Lipinski definition) is 1. The molecule has 1 nitrogen and oxygen atoms in total. The average Bonchev–Trinajstić information content (AvgIpc) is 2.89. The predicted molar refractivity (Wildman–Crippen MR) is 53.7 cm³/mol. The molecule has 0 bridgehead atoms. The first-order valence-electron chi connectivity index (χ1n) is 5.04. The van der Waals surface area contributed by atoms with Crippen molar-refractivity contribution in [2.24, 2.45) is 5.92 Å². The standard InChI is InChI=1S/C12H15FO/c1-7-9(4-3-5-12(7)13)11-6-10(11)8(2)14/h3-5,8,10-11,14H,6H2,1-2H3/t8-,10-,11-/m1/s1. The molecule has 0 aliphatic heterocycles. The summed E-state index contributed by atoms with van der Waals surface area (Å²) >= 11 is 0. The van der Waals surface area contributed by atoms with Crippen molar-refractivity contribution in [2.75, 3.05) is 0 Å². The Labute approximate surface area is 83.6 Å². The molecule has 2 rings (SSSR count). The first kappa shape index (κ1) is 9.66. The van der Waals surface area contributed by atoms with Gasteiger partial charge in [-0.1, -0.05) is 12.1 Å². The highest BCUT2D eigenvalue weighted by Gasteiger charge is 2.42. The maximum absolute atomic E-state index is 13.2. The van der Waals surface area contributed by atoms with Crippen LogP contribution in [-0.4, -0.2) is 11.2 Å². The predicted octanol–water partition coefficient (Wildman–Crippen LogP) is 2.62. The molecule has 0 unspecified atom stereocenters. The Bertz CT molecular complexity index is 346. The summed E-state index contributed by atoms with van der Waals surface area (Å²) in [5, 5.41) is 9.39. The number of benzene rings is 1. The van der Waals surface area contributed by atoms with E-state index in [1.165, 1.54) is 6.07 Å². The molecule has 0 saturated heterocycles. The van der Waals surface area contributed by atoms with Gasteiger partial charge in [-0.15, -0.1) is 0 Å². The molecule has 1 aliphatic rings. The van der Waals surface area contributed by atoms with Crippen LogP contribution >= 0.6 is 0 Å². The van der Waals surface area contributed by atoms with E-state index >= 15 is 0 Å². The van der Waals surface area contributed by atoms with Gasteiger partial charge < -0.3 is 5.11 Å². The Morgan fingerprint density at radius 2 is 2.21 bits per heavy atom. The van der Waals surface area contributed by atoms with Gasteiger partial charge in [0, 0.05) is 0 Å². The van der Waals surface area contributed by atoms with Crippen molar-refractivity contribution in [2.45, 2.75) is 32.3 Å². The SMILES string of the molecule is Cc1c(F)cccc1[C@H]1C[C@@H]1[C@@H](C)O. The second-order valence-electron chi connectivity index (χ2n) is 4.20. The third kappa shape index (κ3) is 1.55. The molecule has 0 radical (unpaired) electrons. The third-order valence-electron chi connectivity index (χ3n) is 3.17. The fourth-order valence-corrected chi connectivity index (χ4v) is 2.13. The molecule has 0 heterocycles. The molecule has 1 aliphatic carbocycles. The van der Waals surface area contributed by atoms with Crippen molar-refractivity contribution in [3.05, 3.63) is 35.1 Å². The van der Waals surface area contributed by atoms with Crippen LogP contribution < -0.4 is 0 Å². The highest BCUT2D eigenvalue weighted by molar-refractivity contribution is 5.34. The van der Waals surface area contributed by atoms with Crippen LogP contribution in [0.2, 0.25) is 0 Å². The molecule has 0 amide bonds. The quantitative estimate of drug-likeness (QED) is 0.767. The lowest BCUT2D eigenvalue weighted by atomic mass is 10.0. The second-order valence-corrected chi connectivity index (χ2v) is 4.20. The largest absolute Gasteiger partial charge is 0.393 e.